The normalized spacial score (nSPS) is 14.1. The number of thiophene rings is 1. The summed E-state index contributed by atoms with van der Waals surface area (Å²) in [7, 11) is 0.383. The highest BCUT2D eigenvalue weighted by atomic mass is 32.2. The van der Waals surface area contributed by atoms with E-state index in [-0.39, 0.29) is 41.8 Å². The minimum Gasteiger partial charge on any atom is -0.493 e. The highest BCUT2D eigenvalue weighted by molar-refractivity contribution is 7.86. The molecule has 0 spiro atoms. The van der Waals surface area contributed by atoms with Crippen LogP contribution in [0.2, 0.25) is 0 Å². The summed E-state index contributed by atoms with van der Waals surface area (Å²) in [6.45, 7) is 6.94. The molecule has 0 aliphatic carbocycles. The lowest BCUT2D eigenvalue weighted by atomic mass is 10.1. The highest BCUT2D eigenvalue weighted by Crippen LogP contribution is 2.37. The van der Waals surface area contributed by atoms with Gasteiger partial charge in [0.15, 0.2) is 23.2 Å². The van der Waals surface area contributed by atoms with Crippen molar-refractivity contribution in [2.75, 3.05) is 48.2 Å². The number of ether oxygens (including phenoxy) is 2. The number of benzene rings is 3. The number of rotatable bonds is 17. The lowest BCUT2D eigenvalue weighted by molar-refractivity contribution is -0.116. The van der Waals surface area contributed by atoms with E-state index in [9.17, 15) is 32.1 Å². The fourth-order valence-electron chi connectivity index (χ4n) is 6.76. The molecule has 5 N–H and O–H groups in total. The Morgan fingerprint density at radius 3 is 2.45 bits per heavy atom. The van der Waals surface area contributed by atoms with Crippen LogP contribution in [-0.2, 0) is 33.2 Å². The van der Waals surface area contributed by atoms with Gasteiger partial charge in [-0.1, -0.05) is 18.2 Å². The summed E-state index contributed by atoms with van der Waals surface area (Å²) in [4.78, 5) is 50.9. The molecule has 0 radical (unpaired) electrons. The SMILES string of the molecule is CNCC(C)(C)S.COc1cc(C)c(NC(C2Cc3ccccc3N2C=O)S(=O)(=O)O)cc1OCCCC(=O)Nc1cc(C(=O)Nc2ccc3sc(C=O)cc3c2)n(C)c1. The Morgan fingerprint density at radius 1 is 1.05 bits per heavy atom. The Hall–Kier alpha value is -5.40. The molecular formula is C42H50N6O9S3. The van der Waals surface area contributed by atoms with Crippen LogP contribution in [-0.4, -0.2) is 85.5 Å². The van der Waals surface area contributed by atoms with Gasteiger partial charge in [0.2, 0.25) is 12.3 Å². The molecule has 1 aliphatic heterocycles. The summed E-state index contributed by atoms with van der Waals surface area (Å²) in [6.07, 6.45) is 3.59. The van der Waals surface area contributed by atoms with Crippen molar-refractivity contribution in [1.82, 2.24) is 9.88 Å². The fraction of sp³-hybridized carbons (Fsp3) is 0.333. The van der Waals surface area contributed by atoms with E-state index in [0.717, 1.165) is 28.5 Å². The van der Waals surface area contributed by atoms with Crippen LogP contribution in [0.4, 0.5) is 22.7 Å². The molecule has 60 heavy (non-hydrogen) atoms. The number of methoxy groups -OCH3 is 1. The first-order chi connectivity index (χ1) is 28.4. The van der Waals surface area contributed by atoms with Crippen molar-refractivity contribution in [2.45, 2.75) is 56.2 Å². The number of hydrogen-bond acceptors (Lipinski definition) is 12. The average Bonchev–Trinajstić information content (AvgIpc) is 3.89. The van der Waals surface area contributed by atoms with Crippen LogP contribution in [0, 0.1) is 6.92 Å². The standard InChI is InChI=1S/C37H37N5O9S2.C5H13NS/c1-22-13-32(50-3)33(18-28(22)40-37(53(47,48)49)31-16-23-7-4-5-8-29(23)42(31)21-44)51-12-6-9-35(45)38-26-17-30(41(2)19-26)36(46)39-25-10-11-34-24(14-25)15-27(20-43)52-34;1-5(2,7)4-6-3/h4-5,7-8,10-11,13-15,17-21,31,37,40H,6,9,12,16H2,1-3H3,(H,38,45)(H,39,46)(H,47,48,49);6-7H,4H2,1-3H3. The number of carbonyl (C=O) groups is 4. The second-order valence-corrected chi connectivity index (χ2v) is 18.7. The Morgan fingerprint density at radius 2 is 1.80 bits per heavy atom. The molecule has 0 bridgehead atoms. The smallest absolute Gasteiger partial charge is 0.288 e. The average molecular weight is 879 g/mol. The molecule has 2 unspecified atom stereocenters. The number of para-hydroxylation sites is 1. The second kappa shape index (κ2) is 19.8. The van der Waals surface area contributed by atoms with Gasteiger partial charge in [-0.2, -0.15) is 21.0 Å². The van der Waals surface area contributed by atoms with Crippen LogP contribution >= 0.6 is 24.0 Å². The lowest BCUT2D eigenvalue weighted by Gasteiger charge is -2.29. The van der Waals surface area contributed by atoms with Gasteiger partial charge in [0.05, 0.1) is 30.3 Å². The van der Waals surface area contributed by atoms with E-state index in [1.54, 1.807) is 85.4 Å². The van der Waals surface area contributed by atoms with Gasteiger partial charge in [0, 0.05) is 58.8 Å². The van der Waals surface area contributed by atoms with Crippen LogP contribution in [0.5, 0.6) is 11.5 Å². The zero-order chi connectivity index (χ0) is 43.8. The zero-order valence-electron chi connectivity index (χ0n) is 34.1. The molecule has 2 aromatic heterocycles. The third kappa shape index (κ3) is 11.7. The summed E-state index contributed by atoms with van der Waals surface area (Å²) in [5.74, 6) is -0.0193. The molecule has 18 heteroatoms. The van der Waals surface area contributed by atoms with Gasteiger partial charge in [0.25, 0.3) is 16.0 Å². The highest BCUT2D eigenvalue weighted by Gasteiger charge is 2.41. The van der Waals surface area contributed by atoms with E-state index in [1.165, 1.54) is 23.3 Å². The number of aldehydes is 1. The Bertz CT molecular complexity index is 2460. The van der Waals surface area contributed by atoms with E-state index >= 15 is 0 Å². The molecule has 0 saturated carbocycles. The van der Waals surface area contributed by atoms with E-state index < -0.39 is 21.5 Å². The maximum absolute atomic E-state index is 13.0. The summed E-state index contributed by atoms with van der Waals surface area (Å²) in [5, 5.41) is 10.9. The largest absolute Gasteiger partial charge is 0.493 e. The molecule has 3 heterocycles. The van der Waals surface area contributed by atoms with Gasteiger partial charge in [-0.15, -0.1) is 11.3 Å². The third-order valence-corrected chi connectivity index (χ3v) is 11.8. The predicted molar refractivity (Wildman–Crippen MR) is 240 cm³/mol. The van der Waals surface area contributed by atoms with E-state index in [4.69, 9.17) is 9.47 Å². The first-order valence-electron chi connectivity index (χ1n) is 18.9. The van der Waals surface area contributed by atoms with E-state index in [1.807, 2.05) is 13.1 Å². The van der Waals surface area contributed by atoms with Gasteiger partial charge < -0.3 is 40.2 Å². The molecule has 6 rings (SSSR count). The van der Waals surface area contributed by atoms with Crippen molar-refractivity contribution in [3.05, 3.63) is 94.6 Å². The van der Waals surface area contributed by atoms with Crippen LogP contribution in [0.15, 0.2) is 72.9 Å². The van der Waals surface area contributed by atoms with Gasteiger partial charge in [-0.3, -0.25) is 23.7 Å². The van der Waals surface area contributed by atoms with Crippen LogP contribution in [0.1, 0.15) is 58.0 Å². The monoisotopic (exact) mass is 878 g/mol. The van der Waals surface area contributed by atoms with Crippen LogP contribution in [0.3, 0.4) is 0 Å². The molecule has 3 aromatic carbocycles. The van der Waals surface area contributed by atoms with Crippen molar-refractivity contribution in [3.8, 4) is 11.5 Å². The topological polar surface area (TPSA) is 197 Å². The maximum atomic E-state index is 13.0. The molecule has 1 aliphatic rings. The van der Waals surface area contributed by atoms with Gasteiger partial charge in [-0.05, 0) is 99.6 Å². The Balaban J connectivity index is 0.000000896. The lowest BCUT2D eigenvalue weighted by Crippen LogP contribution is -2.49. The number of amides is 3. The number of thiol groups is 1. The van der Waals surface area contributed by atoms with Crippen molar-refractivity contribution in [3.63, 3.8) is 0 Å². The number of aryl methyl sites for hydroxylation is 2. The quantitative estimate of drug-likeness (QED) is 0.0257. The zero-order valence-corrected chi connectivity index (χ0v) is 36.7. The van der Waals surface area contributed by atoms with Crippen molar-refractivity contribution in [1.29, 1.82) is 0 Å². The predicted octanol–water partition coefficient (Wildman–Crippen LogP) is 6.55. The van der Waals surface area contributed by atoms with E-state index in [2.05, 4.69) is 47.7 Å². The third-order valence-electron chi connectivity index (χ3n) is 9.49. The van der Waals surface area contributed by atoms with Crippen molar-refractivity contribution < 1.29 is 41.6 Å². The fourth-order valence-corrected chi connectivity index (χ4v) is 8.68. The van der Waals surface area contributed by atoms with Crippen LogP contribution < -0.4 is 35.6 Å². The van der Waals surface area contributed by atoms with Gasteiger partial charge in [-0.25, -0.2) is 0 Å². The molecule has 3 amide bonds. The summed E-state index contributed by atoms with van der Waals surface area (Å²) < 4.78 is 49.7. The van der Waals surface area contributed by atoms with Crippen molar-refractivity contribution >= 4 is 91.4 Å². The molecule has 5 aromatic rings. The molecular weight excluding hydrogens is 829 g/mol. The molecule has 2 atom stereocenters. The summed E-state index contributed by atoms with van der Waals surface area (Å²) in [6, 6.07) is 18.1. The summed E-state index contributed by atoms with van der Waals surface area (Å²) >= 11 is 5.64. The molecule has 0 fully saturated rings. The number of nitrogens with one attached hydrogen (secondary N) is 4. The Kier molecular flexibility index (Phi) is 15.1. The Labute approximate surface area is 359 Å². The minimum absolute atomic E-state index is 0.0910. The minimum atomic E-state index is -4.70. The molecule has 320 valence electrons. The number of nitrogens with zero attached hydrogens (tertiary/aromatic N) is 2. The number of hydrogen-bond donors (Lipinski definition) is 6. The number of carbonyl (C=O) groups excluding carboxylic acids is 4. The number of fused-ring (bicyclic) bond motifs is 2. The molecule has 15 nitrogen and oxygen atoms in total. The van der Waals surface area contributed by atoms with Crippen LogP contribution in [0.25, 0.3) is 10.1 Å². The number of anilines is 4. The van der Waals surface area contributed by atoms with Crippen molar-refractivity contribution in [2.24, 2.45) is 7.05 Å². The first kappa shape index (κ1) is 45.7. The second-order valence-electron chi connectivity index (χ2n) is 14.9. The van der Waals surface area contributed by atoms with Gasteiger partial charge >= 0.3 is 0 Å². The first-order valence-corrected chi connectivity index (χ1v) is 21.7. The summed E-state index contributed by atoms with van der Waals surface area (Å²) in [5.41, 5.74) is 3.62. The molecule has 0 saturated heterocycles. The van der Waals surface area contributed by atoms with E-state index in [0.29, 0.717) is 57.5 Å². The van der Waals surface area contributed by atoms with Gasteiger partial charge in [0.1, 0.15) is 5.69 Å². The number of aromatic nitrogens is 1. The maximum Gasteiger partial charge on any atom is 0.288 e.